The Bertz CT molecular complexity index is 339. The second kappa shape index (κ2) is 5.26. The van der Waals surface area contributed by atoms with Gasteiger partial charge in [-0.1, -0.05) is 0 Å². The zero-order chi connectivity index (χ0) is 13.2. The highest BCUT2D eigenvalue weighted by Crippen LogP contribution is 2.47. The molecule has 2 aliphatic rings. The van der Waals surface area contributed by atoms with Crippen LogP contribution in [0.15, 0.2) is 0 Å². The predicted octanol–water partition coefficient (Wildman–Crippen LogP) is 0.398. The molecule has 0 aromatic heterocycles. The van der Waals surface area contributed by atoms with E-state index in [1.807, 2.05) is 4.90 Å². The van der Waals surface area contributed by atoms with Crippen LogP contribution in [-0.2, 0) is 14.3 Å². The summed E-state index contributed by atoms with van der Waals surface area (Å²) < 4.78 is 5.15. The summed E-state index contributed by atoms with van der Waals surface area (Å²) in [5, 5.41) is 2.67. The van der Waals surface area contributed by atoms with E-state index in [2.05, 4.69) is 5.32 Å². The van der Waals surface area contributed by atoms with Crippen molar-refractivity contribution in [3.63, 3.8) is 0 Å². The van der Waals surface area contributed by atoms with Crippen molar-refractivity contribution in [2.24, 2.45) is 11.3 Å². The molecule has 0 aromatic rings. The number of nitrogens with zero attached hydrogens (tertiary/aromatic N) is 1. The third-order valence-electron chi connectivity index (χ3n) is 4.05. The van der Waals surface area contributed by atoms with Gasteiger partial charge in [-0.15, -0.1) is 0 Å². The highest BCUT2D eigenvalue weighted by Gasteiger charge is 2.52. The maximum Gasteiger partial charge on any atom is 0.231 e. The van der Waals surface area contributed by atoms with Gasteiger partial charge in [0.1, 0.15) is 0 Å². The number of hydrogen-bond donors (Lipinski definition) is 1. The van der Waals surface area contributed by atoms with Gasteiger partial charge in [0.2, 0.25) is 11.8 Å². The topological polar surface area (TPSA) is 58.6 Å². The summed E-state index contributed by atoms with van der Waals surface area (Å²) in [7, 11) is 3.29. The van der Waals surface area contributed by atoms with E-state index in [0.717, 1.165) is 32.2 Å². The van der Waals surface area contributed by atoms with Gasteiger partial charge in [-0.3, -0.25) is 9.59 Å². The van der Waals surface area contributed by atoms with Crippen LogP contribution in [0.5, 0.6) is 0 Å². The first-order chi connectivity index (χ1) is 8.63. The molecule has 5 nitrogen and oxygen atoms in total. The molecule has 102 valence electrons. The second-order valence-corrected chi connectivity index (χ2v) is 5.42. The SMILES string of the molecule is CNC(=O)C1CCCN(C(=O)C2(COC)CC2)C1. The fourth-order valence-corrected chi connectivity index (χ4v) is 2.76. The first kappa shape index (κ1) is 13.3. The normalized spacial score (nSPS) is 25.7. The molecule has 2 amide bonds. The molecule has 2 fully saturated rings. The highest BCUT2D eigenvalue weighted by atomic mass is 16.5. The highest BCUT2D eigenvalue weighted by molar-refractivity contribution is 5.86. The fraction of sp³-hybridized carbons (Fsp3) is 0.846. The summed E-state index contributed by atoms with van der Waals surface area (Å²) in [6.45, 7) is 1.84. The van der Waals surface area contributed by atoms with E-state index >= 15 is 0 Å². The predicted molar refractivity (Wildman–Crippen MR) is 66.9 cm³/mol. The molecule has 1 atom stereocenters. The first-order valence-corrected chi connectivity index (χ1v) is 6.63. The van der Waals surface area contributed by atoms with Crippen LogP contribution in [0.4, 0.5) is 0 Å². The average molecular weight is 254 g/mol. The lowest BCUT2D eigenvalue weighted by Gasteiger charge is -2.34. The van der Waals surface area contributed by atoms with Crippen molar-refractivity contribution < 1.29 is 14.3 Å². The molecule has 0 spiro atoms. The molecule has 0 radical (unpaired) electrons. The fourth-order valence-electron chi connectivity index (χ4n) is 2.76. The Labute approximate surface area is 108 Å². The lowest BCUT2D eigenvalue weighted by atomic mass is 9.95. The Morgan fingerprint density at radius 2 is 2.17 bits per heavy atom. The second-order valence-electron chi connectivity index (χ2n) is 5.42. The van der Waals surface area contributed by atoms with Crippen LogP contribution in [0.1, 0.15) is 25.7 Å². The monoisotopic (exact) mass is 254 g/mol. The molecule has 1 unspecified atom stereocenters. The third kappa shape index (κ3) is 2.51. The molecule has 1 aliphatic heterocycles. The van der Waals surface area contributed by atoms with Crippen molar-refractivity contribution >= 4 is 11.8 Å². The van der Waals surface area contributed by atoms with E-state index in [4.69, 9.17) is 4.74 Å². The van der Waals surface area contributed by atoms with E-state index in [9.17, 15) is 9.59 Å². The Morgan fingerprint density at radius 1 is 1.44 bits per heavy atom. The number of likely N-dealkylation sites (tertiary alicyclic amines) is 1. The molecule has 1 aliphatic carbocycles. The molecule has 0 aromatic carbocycles. The van der Waals surface area contributed by atoms with Gasteiger partial charge in [0.25, 0.3) is 0 Å². The number of piperidine rings is 1. The molecular weight excluding hydrogens is 232 g/mol. The molecule has 1 N–H and O–H groups in total. The molecular formula is C13H22N2O3. The number of amides is 2. The van der Waals surface area contributed by atoms with E-state index in [1.165, 1.54) is 0 Å². The Hall–Kier alpha value is -1.10. The summed E-state index contributed by atoms with van der Waals surface area (Å²) in [6.07, 6.45) is 3.62. The van der Waals surface area contributed by atoms with Crippen LogP contribution in [-0.4, -0.2) is 50.6 Å². The zero-order valence-corrected chi connectivity index (χ0v) is 11.2. The quantitative estimate of drug-likeness (QED) is 0.790. The smallest absolute Gasteiger partial charge is 0.231 e. The van der Waals surface area contributed by atoms with Crippen LogP contribution in [0.3, 0.4) is 0 Å². The van der Waals surface area contributed by atoms with E-state index in [-0.39, 0.29) is 23.1 Å². The van der Waals surface area contributed by atoms with Gasteiger partial charge < -0.3 is 15.0 Å². The van der Waals surface area contributed by atoms with E-state index < -0.39 is 0 Å². The van der Waals surface area contributed by atoms with Gasteiger partial charge in [-0.2, -0.15) is 0 Å². The van der Waals surface area contributed by atoms with Crippen molar-refractivity contribution in [2.45, 2.75) is 25.7 Å². The maximum atomic E-state index is 12.4. The summed E-state index contributed by atoms with van der Waals surface area (Å²) >= 11 is 0. The third-order valence-corrected chi connectivity index (χ3v) is 4.05. The molecule has 5 heteroatoms. The zero-order valence-electron chi connectivity index (χ0n) is 11.2. The van der Waals surface area contributed by atoms with Gasteiger partial charge >= 0.3 is 0 Å². The number of carbonyl (C=O) groups is 2. The van der Waals surface area contributed by atoms with Crippen molar-refractivity contribution in [1.82, 2.24) is 10.2 Å². The molecule has 1 saturated heterocycles. The van der Waals surface area contributed by atoms with Crippen LogP contribution in [0.2, 0.25) is 0 Å². The van der Waals surface area contributed by atoms with Crippen molar-refractivity contribution in [3.05, 3.63) is 0 Å². The van der Waals surface area contributed by atoms with Crippen molar-refractivity contribution in [3.8, 4) is 0 Å². The molecule has 1 heterocycles. The van der Waals surface area contributed by atoms with Gasteiger partial charge in [-0.25, -0.2) is 0 Å². The Balaban J connectivity index is 1.96. The van der Waals surface area contributed by atoms with Gasteiger partial charge in [0, 0.05) is 27.2 Å². The van der Waals surface area contributed by atoms with Gasteiger partial charge in [0.05, 0.1) is 17.9 Å². The van der Waals surface area contributed by atoms with E-state index in [0.29, 0.717) is 13.2 Å². The summed E-state index contributed by atoms with van der Waals surface area (Å²) in [6, 6.07) is 0. The lowest BCUT2D eigenvalue weighted by molar-refractivity contribution is -0.142. The minimum atomic E-state index is -0.278. The summed E-state index contributed by atoms with van der Waals surface area (Å²) in [5.74, 6) is 0.174. The number of ether oxygens (including phenoxy) is 1. The number of hydrogen-bond acceptors (Lipinski definition) is 3. The van der Waals surface area contributed by atoms with Crippen LogP contribution in [0, 0.1) is 11.3 Å². The van der Waals surface area contributed by atoms with Crippen molar-refractivity contribution in [1.29, 1.82) is 0 Å². The number of rotatable bonds is 4. The molecule has 18 heavy (non-hydrogen) atoms. The molecule has 0 bridgehead atoms. The standard InChI is InChI=1S/C13H22N2O3/c1-14-11(16)10-4-3-7-15(8-10)12(17)13(5-6-13)9-18-2/h10H,3-9H2,1-2H3,(H,14,16). The van der Waals surface area contributed by atoms with E-state index in [1.54, 1.807) is 14.2 Å². The largest absolute Gasteiger partial charge is 0.384 e. The minimum absolute atomic E-state index is 0.0455. The number of nitrogens with one attached hydrogen (secondary N) is 1. The lowest BCUT2D eigenvalue weighted by Crippen LogP contribution is -2.48. The Kier molecular flexibility index (Phi) is 3.90. The van der Waals surface area contributed by atoms with Gasteiger partial charge in [-0.05, 0) is 25.7 Å². The van der Waals surface area contributed by atoms with Gasteiger partial charge in [0.15, 0.2) is 0 Å². The van der Waals surface area contributed by atoms with Crippen LogP contribution < -0.4 is 5.32 Å². The van der Waals surface area contributed by atoms with Crippen LogP contribution >= 0.6 is 0 Å². The summed E-state index contributed by atoms with van der Waals surface area (Å²) in [4.78, 5) is 26.0. The Morgan fingerprint density at radius 3 is 2.72 bits per heavy atom. The minimum Gasteiger partial charge on any atom is -0.384 e. The van der Waals surface area contributed by atoms with Crippen LogP contribution in [0.25, 0.3) is 0 Å². The maximum absolute atomic E-state index is 12.4. The molecule has 2 rings (SSSR count). The first-order valence-electron chi connectivity index (χ1n) is 6.63. The summed E-state index contributed by atoms with van der Waals surface area (Å²) in [5.41, 5.74) is -0.278. The van der Waals surface area contributed by atoms with Crippen molar-refractivity contribution in [2.75, 3.05) is 33.9 Å². The number of methoxy groups -OCH3 is 1. The average Bonchev–Trinajstić information content (AvgIpc) is 3.18. The molecule has 1 saturated carbocycles. The number of carbonyl (C=O) groups excluding carboxylic acids is 2.